The Morgan fingerprint density at radius 2 is 1.62 bits per heavy atom. The number of benzene rings is 1. The molecule has 0 saturated carbocycles. The van der Waals surface area contributed by atoms with Gasteiger partial charge < -0.3 is 10.2 Å². The topological polar surface area (TPSA) is 58.4 Å². The van der Waals surface area contributed by atoms with Crippen molar-refractivity contribution < 1.29 is 0 Å². The van der Waals surface area contributed by atoms with Gasteiger partial charge in [-0.15, -0.1) is 5.10 Å². The molecule has 0 spiro atoms. The summed E-state index contributed by atoms with van der Waals surface area (Å²) in [7, 11) is 4.07. The molecule has 1 aromatic carbocycles. The van der Waals surface area contributed by atoms with Gasteiger partial charge >= 0.3 is 0 Å². The zero-order valence-electron chi connectivity index (χ0n) is 15.7. The third-order valence-electron chi connectivity index (χ3n) is 4.46. The van der Waals surface area contributed by atoms with Gasteiger partial charge in [0, 0.05) is 42.9 Å². The molecule has 0 fully saturated rings. The van der Waals surface area contributed by atoms with Crippen molar-refractivity contribution in [1.29, 1.82) is 0 Å². The second-order valence-electron chi connectivity index (χ2n) is 6.86. The molecular formula is C20H22N6. The van der Waals surface area contributed by atoms with Crippen LogP contribution < -0.4 is 10.2 Å². The molecule has 0 aliphatic rings. The van der Waals surface area contributed by atoms with E-state index in [1.165, 1.54) is 0 Å². The van der Waals surface area contributed by atoms with E-state index in [1.807, 2.05) is 38.5 Å². The molecule has 0 saturated heterocycles. The van der Waals surface area contributed by atoms with Crippen LogP contribution in [0.2, 0.25) is 0 Å². The number of anilines is 3. The molecule has 26 heavy (non-hydrogen) atoms. The minimum Gasteiger partial charge on any atom is -0.378 e. The number of hydrogen-bond acceptors (Lipinski definition) is 5. The summed E-state index contributed by atoms with van der Waals surface area (Å²) in [5, 5.41) is 9.16. The SMILES string of the molecule is Cc1cc(C)c2c(n1)nn1c(Nc3ccc(N(C)C)cc3)cc(C)nc21. The van der Waals surface area contributed by atoms with Gasteiger partial charge in [-0.25, -0.2) is 9.97 Å². The normalized spacial score (nSPS) is 11.3. The van der Waals surface area contributed by atoms with E-state index < -0.39 is 0 Å². The van der Waals surface area contributed by atoms with Gasteiger partial charge in [-0.2, -0.15) is 4.52 Å². The largest absolute Gasteiger partial charge is 0.378 e. The van der Waals surface area contributed by atoms with Gasteiger partial charge in [0.15, 0.2) is 11.3 Å². The summed E-state index contributed by atoms with van der Waals surface area (Å²) in [5.41, 5.74) is 6.76. The van der Waals surface area contributed by atoms with Crippen LogP contribution in [0.5, 0.6) is 0 Å². The maximum Gasteiger partial charge on any atom is 0.184 e. The lowest BCUT2D eigenvalue weighted by Crippen LogP contribution is -2.08. The highest BCUT2D eigenvalue weighted by Gasteiger charge is 2.14. The molecule has 6 nitrogen and oxygen atoms in total. The van der Waals surface area contributed by atoms with Crippen LogP contribution in [0.15, 0.2) is 36.4 Å². The Bertz CT molecular complexity index is 1110. The average molecular weight is 346 g/mol. The van der Waals surface area contributed by atoms with Crippen molar-refractivity contribution in [2.45, 2.75) is 20.8 Å². The summed E-state index contributed by atoms with van der Waals surface area (Å²) in [6, 6.07) is 12.4. The standard InChI is InChI=1S/C20H22N6/c1-12-10-13(2)21-19-18(12)20-22-14(3)11-17(26(20)24-19)23-15-6-8-16(9-7-15)25(4)5/h6-11,23H,1-5H3. The molecular weight excluding hydrogens is 324 g/mol. The Kier molecular flexibility index (Phi) is 3.76. The Balaban J connectivity index is 1.85. The zero-order chi connectivity index (χ0) is 18.4. The highest BCUT2D eigenvalue weighted by atomic mass is 15.3. The molecule has 0 aliphatic heterocycles. The summed E-state index contributed by atoms with van der Waals surface area (Å²) < 4.78 is 1.84. The summed E-state index contributed by atoms with van der Waals surface area (Å²) in [4.78, 5) is 11.4. The summed E-state index contributed by atoms with van der Waals surface area (Å²) in [5.74, 6) is 0.875. The summed E-state index contributed by atoms with van der Waals surface area (Å²) in [6.45, 7) is 6.06. The van der Waals surface area contributed by atoms with Crippen molar-refractivity contribution in [3.63, 3.8) is 0 Å². The average Bonchev–Trinajstić information content (AvgIpc) is 2.93. The quantitative estimate of drug-likeness (QED) is 0.607. The van der Waals surface area contributed by atoms with Crippen molar-refractivity contribution in [2.24, 2.45) is 0 Å². The van der Waals surface area contributed by atoms with Gasteiger partial charge in [0.25, 0.3) is 0 Å². The molecule has 6 heteroatoms. The highest BCUT2D eigenvalue weighted by molar-refractivity contribution is 5.93. The van der Waals surface area contributed by atoms with Gasteiger partial charge in [0.1, 0.15) is 5.82 Å². The lowest BCUT2D eigenvalue weighted by Gasteiger charge is -2.14. The molecule has 0 radical (unpaired) electrons. The Morgan fingerprint density at radius 1 is 0.923 bits per heavy atom. The molecule has 0 unspecified atom stereocenters. The Labute approximate surface area is 152 Å². The predicted molar refractivity (Wildman–Crippen MR) is 107 cm³/mol. The van der Waals surface area contributed by atoms with Crippen molar-refractivity contribution in [3.05, 3.63) is 53.3 Å². The number of aryl methyl sites for hydroxylation is 3. The first kappa shape index (κ1) is 16.3. The minimum absolute atomic E-state index is 0.728. The smallest absolute Gasteiger partial charge is 0.184 e. The monoisotopic (exact) mass is 346 g/mol. The maximum absolute atomic E-state index is 4.71. The van der Waals surface area contributed by atoms with Gasteiger partial charge in [0.2, 0.25) is 0 Å². The fourth-order valence-electron chi connectivity index (χ4n) is 3.22. The number of pyridine rings is 1. The Hall–Kier alpha value is -3.15. The maximum atomic E-state index is 4.71. The van der Waals surface area contributed by atoms with Crippen molar-refractivity contribution in [3.8, 4) is 0 Å². The van der Waals surface area contributed by atoms with Crippen LogP contribution in [0.3, 0.4) is 0 Å². The van der Waals surface area contributed by atoms with Crippen molar-refractivity contribution in [2.75, 3.05) is 24.3 Å². The van der Waals surface area contributed by atoms with E-state index in [1.54, 1.807) is 0 Å². The number of rotatable bonds is 3. The van der Waals surface area contributed by atoms with E-state index >= 15 is 0 Å². The third kappa shape index (κ3) is 2.73. The second kappa shape index (κ2) is 5.98. The summed E-state index contributed by atoms with van der Waals surface area (Å²) >= 11 is 0. The minimum atomic E-state index is 0.728. The van der Waals surface area contributed by atoms with E-state index in [4.69, 9.17) is 10.1 Å². The summed E-state index contributed by atoms with van der Waals surface area (Å²) in [6.07, 6.45) is 0. The van der Waals surface area contributed by atoms with Crippen LogP contribution >= 0.6 is 0 Å². The lowest BCUT2D eigenvalue weighted by molar-refractivity contribution is 0.944. The predicted octanol–water partition coefficient (Wildman–Crippen LogP) is 4.01. The molecule has 0 bridgehead atoms. The van der Waals surface area contributed by atoms with Crippen LogP contribution in [-0.2, 0) is 0 Å². The molecule has 0 aliphatic carbocycles. The van der Waals surface area contributed by atoms with Gasteiger partial charge in [-0.05, 0) is 56.7 Å². The van der Waals surface area contributed by atoms with E-state index in [-0.39, 0.29) is 0 Å². The number of hydrogen-bond donors (Lipinski definition) is 1. The fourth-order valence-corrected chi connectivity index (χ4v) is 3.22. The van der Waals surface area contributed by atoms with Gasteiger partial charge in [0.05, 0.1) is 5.39 Å². The molecule has 132 valence electrons. The van der Waals surface area contributed by atoms with Crippen molar-refractivity contribution >= 4 is 33.9 Å². The second-order valence-corrected chi connectivity index (χ2v) is 6.86. The zero-order valence-corrected chi connectivity index (χ0v) is 15.7. The molecule has 0 atom stereocenters. The van der Waals surface area contributed by atoms with Gasteiger partial charge in [-0.3, -0.25) is 0 Å². The van der Waals surface area contributed by atoms with Crippen LogP contribution in [0.4, 0.5) is 17.2 Å². The van der Waals surface area contributed by atoms with Crippen LogP contribution in [0.25, 0.3) is 16.7 Å². The number of aromatic nitrogens is 4. The van der Waals surface area contributed by atoms with Crippen LogP contribution in [0.1, 0.15) is 17.0 Å². The van der Waals surface area contributed by atoms with Crippen LogP contribution in [-0.4, -0.2) is 33.7 Å². The number of fused-ring (bicyclic) bond motifs is 3. The first-order chi connectivity index (χ1) is 12.4. The molecule has 0 amide bonds. The van der Waals surface area contributed by atoms with Gasteiger partial charge in [-0.1, -0.05) is 0 Å². The third-order valence-corrected chi connectivity index (χ3v) is 4.46. The molecule has 3 aromatic heterocycles. The van der Waals surface area contributed by atoms with E-state index in [2.05, 4.69) is 52.5 Å². The fraction of sp³-hybridized carbons (Fsp3) is 0.250. The number of nitrogens with one attached hydrogen (secondary N) is 1. The van der Waals surface area contributed by atoms with E-state index in [9.17, 15) is 0 Å². The van der Waals surface area contributed by atoms with E-state index in [0.29, 0.717) is 0 Å². The number of nitrogens with zero attached hydrogens (tertiary/aromatic N) is 5. The first-order valence-corrected chi connectivity index (χ1v) is 8.61. The molecule has 4 rings (SSSR count). The van der Waals surface area contributed by atoms with Crippen LogP contribution in [0, 0.1) is 20.8 Å². The molecule has 4 aromatic rings. The van der Waals surface area contributed by atoms with Crippen molar-refractivity contribution in [1.82, 2.24) is 19.6 Å². The highest BCUT2D eigenvalue weighted by Crippen LogP contribution is 2.26. The molecule has 1 N–H and O–H groups in total. The molecule has 3 heterocycles. The lowest BCUT2D eigenvalue weighted by atomic mass is 10.2. The van der Waals surface area contributed by atoms with E-state index in [0.717, 1.165) is 50.8 Å². The first-order valence-electron chi connectivity index (χ1n) is 8.61. The Morgan fingerprint density at radius 3 is 2.31 bits per heavy atom.